The van der Waals surface area contributed by atoms with Gasteiger partial charge in [0, 0.05) is 0 Å². The normalized spacial score (nSPS) is 23.9. The largest absolute Gasteiger partial charge is 0.490 e. The molecule has 1 aliphatic rings. The van der Waals surface area contributed by atoms with Crippen LogP contribution in [0.5, 0.6) is 0 Å². The van der Waals surface area contributed by atoms with Crippen molar-refractivity contribution >= 4 is 0 Å². The zero-order chi connectivity index (χ0) is 22.9. The fraction of sp³-hybridized carbons (Fsp3) is 0.310. The molecule has 33 heavy (non-hydrogen) atoms. The highest BCUT2D eigenvalue weighted by Crippen LogP contribution is 2.32. The van der Waals surface area contributed by atoms with Gasteiger partial charge in [0.15, 0.2) is 0 Å². The second kappa shape index (κ2) is 11.8. The van der Waals surface area contributed by atoms with Gasteiger partial charge in [-0.1, -0.05) is 91.0 Å². The molecule has 1 heterocycles. The highest BCUT2D eigenvalue weighted by atomic mass is 16.6. The lowest BCUT2D eigenvalue weighted by Crippen LogP contribution is -2.54. The van der Waals surface area contributed by atoms with Crippen molar-refractivity contribution in [1.29, 1.82) is 0 Å². The molecule has 4 rings (SSSR count). The molecular formula is C29H32O4. The van der Waals surface area contributed by atoms with Crippen molar-refractivity contribution in [3.05, 3.63) is 120 Å². The van der Waals surface area contributed by atoms with E-state index in [4.69, 9.17) is 18.9 Å². The zero-order valence-corrected chi connectivity index (χ0v) is 19.3. The summed E-state index contributed by atoms with van der Waals surface area (Å²) in [7, 11) is 0. The molecule has 1 aliphatic heterocycles. The Bertz CT molecular complexity index is 988. The summed E-state index contributed by atoms with van der Waals surface area (Å²) in [6, 6.07) is 30.5. The van der Waals surface area contributed by atoms with Gasteiger partial charge in [-0.3, -0.25) is 0 Å². The van der Waals surface area contributed by atoms with E-state index >= 15 is 0 Å². The Morgan fingerprint density at radius 1 is 0.636 bits per heavy atom. The first-order valence-electron chi connectivity index (χ1n) is 11.5. The van der Waals surface area contributed by atoms with Gasteiger partial charge in [-0.2, -0.15) is 0 Å². The highest BCUT2D eigenvalue weighted by Gasteiger charge is 2.44. The van der Waals surface area contributed by atoms with Crippen molar-refractivity contribution in [2.75, 3.05) is 0 Å². The number of rotatable bonds is 9. The molecule has 0 unspecified atom stereocenters. The monoisotopic (exact) mass is 444 g/mol. The minimum Gasteiger partial charge on any atom is -0.490 e. The van der Waals surface area contributed by atoms with Crippen LogP contribution in [0.15, 0.2) is 103 Å². The second-order valence-electron chi connectivity index (χ2n) is 8.25. The third-order valence-electron chi connectivity index (χ3n) is 5.81. The van der Waals surface area contributed by atoms with Crippen LogP contribution < -0.4 is 0 Å². The van der Waals surface area contributed by atoms with Gasteiger partial charge in [0.2, 0.25) is 0 Å². The van der Waals surface area contributed by atoms with Gasteiger partial charge in [-0.15, -0.1) is 0 Å². The van der Waals surface area contributed by atoms with Crippen LogP contribution in [0.3, 0.4) is 0 Å². The highest BCUT2D eigenvalue weighted by molar-refractivity contribution is 5.17. The van der Waals surface area contributed by atoms with Crippen molar-refractivity contribution in [2.45, 2.75) is 58.1 Å². The molecule has 1 saturated heterocycles. The standard InChI is InChI=1S/C29H32O4/c1-3-26-28(31-20-24-15-9-5-10-16-24)29(32-21-25-17-11-6-12-18-25)27(22(2)33-26)30-19-23-13-7-4-8-14-23/h3-18,22,27-29H,19-21H2,1-2H3/b26-3-/t22-,27+,28+,29+/m0/s1. The molecule has 0 aromatic heterocycles. The lowest BCUT2D eigenvalue weighted by molar-refractivity contribution is -0.210. The molecule has 1 fully saturated rings. The number of hydrogen-bond acceptors (Lipinski definition) is 4. The van der Waals surface area contributed by atoms with E-state index in [0.717, 1.165) is 22.4 Å². The van der Waals surface area contributed by atoms with Gasteiger partial charge >= 0.3 is 0 Å². The van der Waals surface area contributed by atoms with Crippen LogP contribution in [-0.2, 0) is 38.8 Å². The average molecular weight is 445 g/mol. The van der Waals surface area contributed by atoms with Crippen molar-refractivity contribution in [3.8, 4) is 0 Å². The number of allylic oxidation sites excluding steroid dienone is 1. The maximum Gasteiger partial charge on any atom is 0.143 e. The number of hydrogen-bond donors (Lipinski definition) is 0. The van der Waals surface area contributed by atoms with Crippen molar-refractivity contribution in [3.63, 3.8) is 0 Å². The molecule has 0 amide bonds. The van der Waals surface area contributed by atoms with Crippen LogP contribution in [0.2, 0.25) is 0 Å². The van der Waals surface area contributed by atoms with Crippen LogP contribution >= 0.6 is 0 Å². The maximum absolute atomic E-state index is 6.50. The van der Waals surface area contributed by atoms with E-state index < -0.39 is 0 Å². The summed E-state index contributed by atoms with van der Waals surface area (Å²) in [5, 5.41) is 0. The summed E-state index contributed by atoms with van der Waals surface area (Å²) < 4.78 is 25.6. The maximum atomic E-state index is 6.50. The first kappa shape index (κ1) is 23.2. The molecule has 0 bridgehead atoms. The van der Waals surface area contributed by atoms with Gasteiger partial charge in [0.25, 0.3) is 0 Å². The van der Waals surface area contributed by atoms with Crippen LogP contribution in [-0.4, -0.2) is 24.4 Å². The summed E-state index contributed by atoms with van der Waals surface area (Å²) in [5.41, 5.74) is 3.34. The third-order valence-corrected chi connectivity index (χ3v) is 5.81. The topological polar surface area (TPSA) is 36.9 Å². The quantitative estimate of drug-likeness (QED) is 0.402. The van der Waals surface area contributed by atoms with Crippen LogP contribution in [0.1, 0.15) is 30.5 Å². The molecule has 4 atom stereocenters. The van der Waals surface area contributed by atoms with E-state index in [1.807, 2.05) is 74.5 Å². The summed E-state index contributed by atoms with van der Waals surface area (Å²) >= 11 is 0. The van der Waals surface area contributed by atoms with Crippen molar-refractivity contribution < 1.29 is 18.9 Å². The Balaban J connectivity index is 1.55. The average Bonchev–Trinajstić information content (AvgIpc) is 2.87. The number of ether oxygens (including phenoxy) is 4. The molecule has 3 aromatic carbocycles. The van der Waals surface area contributed by atoms with Gasteiger partial charge in [0.1, 0.15) is 30.2 Å². The second-order valence-corrected chi connectivity index (χ2v) is 8.25. The molecule has 0 spiro atoms. The first-order chi connectivity index (χ1) is 16.2. The minimum absolute atomic E-state index is 0.169. The fourth-order valence-electron chi connectivity index (χ4n) is 4.07. The van der Waals surface area contributed by atoms with E-state index in [9.17, 15) is 0 Å². The van der Waals surface area contributed by atoms with Crippen LogP contribution in [0.4, 0.5) is 0 Å². The molecule has 0 saturated carbocycles. The van der Waals surface area contributed by atoms with Gasteiger partial charge in [-0.25, -0.2) is 0 Å². The van der Waals surface area contributed by atoms with Crippen molar-refractivity contribution in [1.82, 2.24) is 0 Å². The van der Waals surface area contributed by atoms with E-state index in [1.54, 1.807) is 0 Å². The van der Waals surface area contributed by atoms with Crippen molar-refractivity contribution in [2.24, 2.45) is 0 Å². The third kappa shape index (κ3) is 6.32. The van der Waals surface area contributed by atoms with E-state index in [1.165, 1.54) is 0 Å². The van der Waals surface area contributed by atoms with Gasteiger partial charge < -0.3 is 18.9 Å². The summed E-state index contributed by atoms with van der Waals surface area (Å²) in [4.78, 5) is 0. The van der Waals surface area contributed by atoms with Crippen LogP contribution in [0.25, 0.3) is 0 Å². The lowest BCUT2D eigenvalue weighted by atomic mass is 9.97. The molecular weight excluding hydrogens is 412 g/mol. The Hall–Kier alpha value is -2.92. The molecule has 0 N–H and O–H groups in total. The zero-order valence-electron chi connectivity index (χ0n) is 19.3. The molecule has 0 radical (unpaired) electrons. The van der Waals surface area contributed by atoms with Gasteiger partial charge in [-0.05, 0) is 36.6 Å². The summed E-state index contributed by atoms with van der Waals surface area (Å²) in [6.07, 6.45) is 0.845. The van der Waals surface area contributed by atoms with Crippen LogP contribution in [0, 0.1) is 0 Å². The number of benzene rings is 3. The van der Waals surface area contributed by atoms with E-state index in [0.29, 0.717) is 19.8 Å². The van der Waals surface area contributed by atoms with E-state index in [2.05, 4.69) is 36.4 Å². The predicted molar refractivity (Wildman–Crippen MR) is 129 cm³/mol. The molecule has 3 aromatic rings. The van der Waals surface area contributed by atoms with Gasteiger partial charge in [0.05, 0.1) is 19.8 Å². The fourth-order valence-corrected chi connectivity index (χ4v) is 4.07. The summed E-state index contributed by atoms with van der Waals surface area (Å²) in [6.45, 7) is 5.44. The minimum atomic E-state index is -0.365. The Kier molecular flexibility index (Phi) is 8.31. The molecule has 4 nitrogen and oxygen atoms in total. The molecule has 172 valence electrons. The van der Waals surface area contributed by atoms with E-state index in [-0.39, 0.29) is 24.4 Å². The lowest BCUT2D eigenvalue weighted by Gasteiger charge is -2.42. The Morgan fingerprint density at radius 2 is 1.06 bits per heavy atom. The molecule has 0 aliphatic carbocycles. The first-order valence-corrected chi connectivity index (χ1v) is 11.5. The SMILES string of the molecule is C/C=C1\O[C@@H](C)[C@@H](OCc2ccccc2)[C@@H](OCc2ccccc2)[C@@H]1OCc1ccccc1. The summed E-state index contributed by atoms with van der Waals surface area (Å²) in [5.74, 6) is 0.788. The predicted octanol–water partition coefficient (Wildman–Crippen LogP) is 6.07. The Labute approximate surface area is 196 Å². The Morgan fingerprint density at radius 3 is 1.52 bits per heavy atom. The smallest absolute Gasteiger partial charge is 0.143 e. The molecule has 4 heteroatoms.